The van der Waals surface area contributed by atoms with Crippen LogP contribution < -0.4 is 14.8 Å². The summed E-state index contributed by atoms with van der Waals surface area (Å²) in [5.74, 6) is -0.825. The van der Waals surface area contributed by atoms with Crippen molar-refractivity contribution in [1.82, 2.24) is 10.2 Å². The van der Waals surface area contributed by atoms with Crippen LogP contribution in [0.2, 0.25) is 5.02 Å². The molecular weight excluding hydrogens is 408 g/mol. The van der Waals surface area contributed by atoms with E-state index in [4.69, 9.17) is 21.1 Å². The van der Waals surface area contributed by atoms with Gasteiger partial charge in [0.1, 0.15) is 12.2 Å². The van der Waals surface area contributed by atoms with Gasteiger partial charge in [-0.15, -0.1) is 6.58 Å². The highest BCUT2D eigenvalue weighted by molar-refractivity contribution is 6.33. The van der Waals surface area contributed by atoms with E-state index in [1.165, 1.54) is 19.3 Å². The van der Waals surface area contributed by atoms with E-state index in [9.17, 15) is 14.4 Å². The van der Waals surface area contributed by atoms with Crippen molar-refractivity contribution in [3.63, 3.8) is 0 Å². The second kappa shape index (κ2) is 9.28. The third-order valence-electron chi connectivity index (χ3n) is 4.29. The summed E-state index contributed by atoms with van der Waals surface area (Å²) in [6.45, 7) is 3.78. The molecule has 1 N–H and O–H groups in total. The summed E-state index contributed by atoms with van der Waals surface area (Å²) in [5, 5.41) is 2.38. The lowest BCUT2D eigenvalue weighted by atomic mass is 10.1. The average molecular weight is 427 g/mol. The first-order valence-electron chi connectivity index (χ1n) is 8.98. The van der Waals surface area contributed by atoms with Gasteiger partial charge in [0.25, 0.3) is 11.8 Å². The third-order valence-corrected chi connectivity index (χ3v) is 4.57. The summed E-state index contributed by atoms with van der Waals surface area (Å²) in [4.78, 5) is 37.4. The number of hydrogen-bond donors (Lipinski definition) is 1. The monoisotopic (exact) mass is 426 g/mol. The molecule has 7 nitrogen and oxygen atoms in total. The third kappa shape index (κ3) is 4.52. The maximum atomic E-state index is 12.5. The quantitative estimate of drug-likeness (QED) is 0.415. The van der Waals surface area contributed by atoms with Crippen LogP contribution in [0.1, 0.15) is 11.1 Å². The van der Waals surface area contributed by atoms with Gasteiger partial charge in [-0.2, -0.15) is 0 Å². The predicted molar refractivity (Wildman–Crippen MR) is 112 cm³/mol. The fourth-order valence-electron chi connectivity index (χ4n) is 2.85. The molecule has 2 aromatic rings. The number of urea groups is 1. The van der Waals surface area contributed by atoms with Crippen molar-refractivity contribution in [2.24, 2.45) is 0 Å². The molecule has 0 aromatic heterocycles. The van der Waals surface area contributed by atoms with Crippen molar-refractivity contribution in [3.8, 4) is 11.5 Å². The highest BCUT2D eigenvalue weighted by atomic mass is 35.5. The van der Waals surface area contributed by atoms with Crippen molar-refractivity contribution in [2.45, 2.75) is 6.61 Å². The Kier molecular flexibility index (Phi) is 6.54. The summed E-state index contributed by atoms with van der Waals surface area (Å²) in [7, 11) is 1.46. The molecule has 1 saturated heterocycles. The smallest absolute Gasteiger partial charge is 0.331 e. The van der Waals surface area contributed by atoms with Crippen LogP contribution in [0.25, 0.3) is 6.08 Å². The van der Waals surface area contributed by atoms with Crippen LogP contribution in [0, 0.1) is 0 Å². The number of nitrogens with one attached hydrogen (secondary N) is 1. The summed E-state index contributed by atoms with van der Waals surface area (Å²) in [6.07, 6.45) is 2.74. The van der Waals surface area contributed by atoms with E-state index in [1.54, 1.807) is 12.1 Å². The Hall–Kier alpha value is -3.58. The van der Waals surface area contributed by atoms with Gasteiger partial charge >= 0.3 is 6.03 Å². The SMILES string of the molecule is C=CCN1C(=O)NC(=O)/C(=C/c2cc(Cl)c(OCc3ccccc3)c(OC)c2)C1=O. The highest BCUT2D eigenvalue weighted by Gasteiger charge is 2.35. The summed E-state index contributed by atoms with van der Waals surface area (Å²) < 4.78 is 11.2. The minimum absolute atomic E-state index is 0.0222. The maximum absolute atomic E-state index is 12.5. The number of hydrogen-bond acceptors (Lipinski definition) is 5. The van der Waals surface area contributed by atoms with Gasteiger partial charge in [-0.1, -0.05) is 48.0 Å². The average Bonchev–Trinajstić information content (AvgIpc) is 2.73. The van der Waals surface area contributed by atoms with E-state index in [-0.39, 0.29) is 23.7 Å². The van der Waals surface area contributed by atoms with Crippen molar-refractivity contribution in [1.29, 1.82) is 0 Å². The normalized spacial score (nSPS) is 15.2. The standard InChI is InChI=1S/C22H19ClN2O5/c1-3-9-25-21(27)16(20(26)24-22(25)28)10-15-11-17(23)19(18(12-15)29-2)30-13-14-7-5-4-6-8-14/h3-8,10-12H,1,9,13H2,2H3,(H,24,26,28)/b16-10-. The molecule has 0 atom stereocenters. The van der Waals surface area contributed by atoms with Crippen LogP contribution in [-0.4, -0.2) is 36.4 Å². The van der Waals surface area contributed by atoms with E-state index in [2.05, 4.69) is 11.9 Å². The van der Waals surface area contributed by atoms with E-state index >= 15 is 0 Å². The molecule has 0 bridgehead atoms. The first kappa shape index (κ1) is 21.1. The molecule has 1 heterocycles. The number of methoxy groups -OCH3 is 1. The fourth-order valence-corrected chi connectivity index (χ4v) is 3.12. The number of halogens is 1. The molecular formula is C22H19ClN2O5. The second-order valence-electron chi connectivity index (χ2n) is 6.33. The predicted octanol–water partition coefficient (Wildman–Crippen LogP) is 3.58. The maximum Gasteiger partial charge on any atom is 0.331 e. The Bertz CT molecular complexity index is 1030. The highest BCUT2D eigenvalue weighted by Crippen LogP contribution is 2.37. The van der Waals surface area contributed by atoms with Gasteiger partial charge in [0.2, 0.25) is 0 Å². The van der Waals surface area contributed by atoms with Crippen LogP contribution in [0.4, 0.5) is 4.79 Å². The molecule has 1 fully saturated rings. The van der Waals surface area contributed by atoms with Crippen LogP contribution in [0.3, 0.4) is 0 Å². The number of barbiturate groups is 1. The molecule has 1 aliphatic rings. The zero-order chi connectivity index (χ0) is 21.7. The fraction of sp³-hybridized carbons (Fsp3) is 0.136. The number of carbonyl (C=O) groups excluding carboxylic acids is 3. The molecule has 2 aromatic carbocycles. The van der Waals surface area contributed by atoms with E-state index in [0.717, 1.165) is 10.5 Å². The zero-order valence-corrected chi connectivity index (χ0v) is 16.9. The number of nitrogens with zero attached hydrogens (tertiary/aromatic N) is 1. The molecule has 0 radical (unpaired) electrons. The van der Waals surface area contributed by atoms with Gasteiger partial charge < -0.3 is 9.47 Å². The Labute approximate surface area is 178 Å². The largest absolute Gasteiger partial charge is 0.493 e. The molecule has 30 heavy (non-hydrogen) atoms. The van der Waals surface area contributed by atoms with Gasteiger partial charge in [0.15, 0.2) is 11.5 Å². The number of carbonyl (C=O) groups is 3. The van der Waals surface area contributed by atoms with Crippen molar-refractivity contribution >= 4 is 35.5 Å². The summed E-state index contributed by atoms with van der Waals surface area (Å²) in [5.41, 5.74) is 1.20. The molecule has 0 aliphatic carbocycles. The molecule has 154 valence electrons. The van der Waals surface area contributed by atoms with Crippen LogP contribution in [0.15, 0.2) is 60.7 Å². The number of benzene rings is 2. The number of amides is 4. The van der Waals surface area contributed by atoms with Crippen molar-refractivity contribution < 1.29 is 23.9 Å². The molecule has 0 unspecified atom stereocenters. The molecule has 0 spiro atoms. The van der Waals surface area contributed by atoms with Gasteiger partial charge in [0.05, 0.1) is 12.1 Å². The lowest BCUT2D eigenvalue weighted by molar-refractivity contribution is -0.129. The van der Waals surface area contributed by atoms with Gasteiger partial charge in [-0.3, -0.25) is 19.8 Å². The Balaban J connectivity index is 1.90. The molecule has 0 saturated carbocycles. The van der Waals surface area contributed by atoms with Crippen molar-refractivity contribution in [3.05, 3.63) is 76.8 Å². The number of rotatable bonds is 7. The first-order valence-corrected chi connectivity index (χ1v) is 9.36. The Morgan fingerprint density at radius 1 is 1.17 bits per heavy atom. The summed E-state index contributed by atoms with van der Waals surface area (Å²) >= 11 is 6.37. The second-order valence-corrected chi connectivity index (χ2v) is 6.74. The minimum atomic E-state index is -0.790. The van der Waals surface area contributed by atoms with Crippen molar-refractivity contribution in [2.75, 3.05) is 13.7 Å². The number of ether oxygens (including phenoxy) is 2. The summed E-state index contributed by atoms with van der Waals surface area (Å²) in [6, 6.07) is 11.9. The van der Waals surface area contributed by atoms with Gasteiger partial charge in [-0.25, -0.2) is 4.79 Å². The molecule has 1 aliphatic heterocycles. The molecule has 4 amide bonds. The number of imide groups is 2. The lowest BCUT2D eigenvalue weighted by Gasteiger charge is -2.25. The van der Waals surface area contributed by atoms with E-state index < -0.39 is 17.8 Å². The Morgan fingerprint density at radius 2 is 1.90 bits per heavy atom. The van der Waals surface area contributed by atoms with E-state index in [0.29, 0.717) is 17.1 Å². The van der Waals surface area contributed by atoms with E-state index in [1.807, 2.05) is 30.3 Å². The van der Waals surface area contributed by atoms with Gasteiger partial charge in [0, 0.05) is 6.54 Å². The van der Waals surface area contributed by atoms with Crippen LogP contribution >= 0.6 is 11.6 Å². The van der Waals surface area contributed by atoms with Crippen LogP contribution in [0.5, 0.6) is 11.5 Å². The minimum Gasteiger partial charge on any atom is -0.493 e. The zero-order valence-electron chi connectivity index (χ0n) is 16.2. The molecule has 8 heteroatoms. The Morgan fingerprint density at radius 3 is 2.57 bits per heavy atom. The topological polar surface area (TPSA) is 84.9 Å². The van der Waals surface area contributed by atoms with Crippen LogP contribution in [-0.2, 0) is 16.2 Å². The molecule has 3 rings (SSSR count). The lowest BCUT2D eigenvalue weighted by Crippen LogP contribution is -2.54. The first-order chi connectivity index (χ1) is 14.4. The van der Waals surface area contributed by atoms with Gasteiger partial charge in [-0.05, 0) is 29.3 Å².